The molecule has 1 saturated carbocycles. The molecule has 2 rings (SSSR count). The zero-order valence-corrected chi connectivity index (χ0v) is 12.9. The number of rotatable bonds is 6. The molecule has 1 saturated heterocycles. The van der Waals surface area contributed by atoms with Crippen molar-refractivity contribution in [1.82, 2.24) is 8.61 Å². The van der Waals surface area contributed by atoms with Crippen LogP contribution in [0, 0.1) is 11.8 Å². The SMILES string of the molecule is CC(C)N(CC1CC1)S(=O)(=O)N1CCCC(CN)C1. The molecule has 0 bridgehead atoms. The molecule has 112 valence electrons. The van der Waals surface area contributed by atoms with Gasteiger partial charge in [0.2, 0.25) is 0 Å². The Balaban J connectivity index is 2.08. The zero-order chi connectivity index (χ0) is 14.0. The first-order valence-electron chi connectivity index (χ1n) is 7.42. The number of hydrogen-bond donors (Lipinski definition) is 1. The molecule has 2 N–H and O–H groups in total. The number of nitrogens with zero attached hydrogens (tertiary/aromatic N) is 2. The van der Waals surface area contributed by atoms with Crippen molar-refractivity contribution in [3.05, 3.63) is 0 Å². The molecule has 6 heteroatoms. The lowest BCUT2D eigenvalue weighted by Crippen LogP contribution is -2.51. The minimum Gasteiger partial charge on any atom is -0.330 e. The van der Waals surface area contributed by atoms with Crippen molar-refractivity contribution in [3.63, 3.8) is 0 Å². The van der Waals surface area contributed by atoms with Crippen LogP contribution < -0.4 is 5.73 Å². The fourth-order valence-corrected chi connectivity index (χ4v) is 4.69. The molecule has 1 aliphatic carbocycles. The Morgan fingerprint density at radius 2 is 1.95 bits per heavy atom. The monoisotopic (exact) mass is 289 g/mol. The third kappa shape index (κ3) is 3.68. The highest BCUT2D eigenvalue weighted by atomic mass is 32.2. The van der Waals surface area contributed by atoms with Crippen molar-refractivity contribution in [3.8, 4) is 0 Å². The molecule has 0 amide bonds. The van der Waals surface area contributed by atoms with Crippen LogP contribution in [-0.2, 0) is 10.2 Å². The quantitative estimate of drug-likeness (QED) is 0.794. The first kappa shape index (κ1) is 15.2. The maximum absolute atomic E-state index is 12.8. The molecule has 1 heterocycles. The van der Waals surface area contributed by atoms with Gasteiger partial charge in [0.05, 0.1) is 0 Å². The predicted molar refractivity (Wildman–Crippen MR) is 76.8 cm³/mol. The molecule has 5 nitrogen and oxygen atoms in total. The molecule has 0 radical (unpaired) electrons. The second-order valence-electron chi connectivity index (χ2n) is 6.22. The molecular formula is C13H27N3O2S. The van der Waals surface area contributed by atoms with Crippen LogP contribution >= 0.6 is 0 Å². The van der Waals surface area contributed by atoms with Gasteiger partial charge in [0.15, 0.2) is 0 Å². The molecule has 0 aromatic heterocycles. The second kappa shape index (κ2) is 6.08. The average molecular weight is 289 g/mol. The van der Waals surface area contributed by atoms with Crippen LogP contribution in [0.5, 0.6) is 0 Å². The van der Waals surface area contributed by atoms with Crippen molar-refractivity contribution < 1.29 is 8.42 Å². The van der Waals surface area contributed by atoms with Crippen molar-refractivity contribution in [2.45, 2.75) is 45.6 Å². The van der Waals surface area contributed by atoms with Crippen LogP contribution in [0.25, 0.3) is 0 Å². The predicted octanol–water partition coefficient (Wildman–Crippen LogP) is 1.02. The van der Waals surface area contributed by atoms with Gasteiger partial charge in [0.25, 0.3) is 10.2 Å². The summed E-state index contributed by atoms with van der Waals surface area (Å²) < 4.78 is 28.9. The maximum atomic E-state index is 12.8. The van der Waals surface area contributed by atoms with Gasteiger partial charge >= 0.3 is 0 Å². The Labute approximate surface area is 117 Å². The molecular weight excluding hydrogens is 262 g/mol. The summed E-state index contributed by atoms with van der Waals surface area (Å²) in [6.45, 7) is 6.42. The van der Waals surface area contributed by atoms with E-state index >= 15 is 0 Å². The van der Waals surface area contributed by atoms with Crippen molar-refractivity contribution in [1.29, 1.82) is 0 Å². The lowest BCUT2D eigenvalue weighted by atomic mass is 10.0. The molecule has 1 unspecified atom stereocenters. The van der Waals surface area contributed by atoms with E-state index in [2.05, 4.69) is 0 Å². The van der Waals surface area contributed by atoms with Gasteiger partial charge in [-0.1, -0.05) is 0 Å². The van der Waals surface area contributed by atoms with Gasteiger partial charge in [-0.15, -0.1) is 0 Å². The van der Waals surface area contributed by atoms with Crippen LogP contribution in [0.2, 0.25) is 0 Å². The van der Waals surface area contributed by atoms with E-state index in [0.29, 0.717) is 38.0 Å². The molecule has 0 spiro atoms. The van der Waals surface area contributed by atoms with Gasteiger partial charge in [0.1, 0.15) is 0 Å². The van der Waals surface area contributed by atoms with Gasteiger partial charge in [0, 0.05) is 25.7 Å². The van der Waals surface area contributed by atoms with Crippen molar-refractivity contribution in [2.24, 2.45) is 17.6 Å². The Morgan fingerprint density at radius 3 is 2.47 bits per heavy atom. The van der Waals surface area contributed by atoms with E-state index in [-0.39, 0.29) is 6.04 Å². The molecule has 0 aromatic rings. The lowest BCUT2D eigenvalue weighted by molar-refractivity contribution is 0.238. The first-order chi connectivity index (χ1) is 8.95. The first-order valence-corrected chi connectivity index (χ1v) is 8.81. The van der Waals surface area contributed by atoms with Crippen molar-refractivity contribution in [2.75, 3.05) is 26.2 Å². The van der Waals surface area contributed by atoms with Crippen molar-refractivity contribution >= 4 is 10.2 Å². The minimum absolute atomic E-state index is 0.0313. The molecule has 19 heavy (non-hydrogen) atoms. The van der Waals surface area contributed by atoms with E-state index in [1.807, 2.05) is 13.8 Å². The van der Waals surface area contributed by atoms with Crippen LogP contribution in [-0.4, -0.2) is 49.2 Å². The summed E-state index contributed by atoms with van der Waals surface area (Å²) in [5.41, 5.74) is 5.70. The largest absolute Gasteiger partial charge is 0.330 e. The Morgan fingerprint density at radius 1 is 1.26 bits per heavy atom. The van der Waals surface area contributed by atoms with Gasteiger partial charge in [-0.2, -0.15) is 17.0 Å². The smallest absolute Gasteiger partial charge is 0.282 e. The summed E-state index contributed by atoms with van der Waals surface area (Å²) in [7, 11) is -3.31. The van der Waals surface area contributed by atoms with E-state index in [0.717, 1.165) is 12.8 Å². The topological polar surface area (TPSA) is 66.6 Å². The summed E-state index contributed by atoms with van der Waals surface area (Å²) in [5, 5.41) is 0. The molecule has 1 atom stereocenters. The van der Waals surface area contributed by atoms with Gasteiger partial charge in [-0.05, 0) is 57.9 Å². The Kier molecular flexibility index (Phi) is 4.87. The summed E-state index contributed by atoms with van der Waals surface area (Å²) in [5.74, 6) is 0.894. The van der Waals surface area contributed by atoms with E-state index in [4.69, 9.17) is 5.73 Å². The van der Waals surface area contributed by atoms with E-state index in [9.17, 15) is 8.42 Å². The number of piperidine rings is 1. The Hall–Kier alpha value is -0.170. The van der Waals surface area contributed by atoms with Gasteiger partial charge < -0.3 is 5.73 Å². The maximum Gasteiger partial charge on any atom is 0.282 e. The fraction of sp³-hybridized carbons (Fsp3) is 1.00. The third-order valence-electron chi connectivity index (χ3n) is 4.15. The van der Waals surface area contributed by atoms with E-state index in [1.165, 1.54) is 12.8 Å². The minimum atomic E-state index is -3.31. The van der Waals surface area contributed by atoms with Crippen LogP contribution in [0.1, 0.15) is 39.5 Å². The second-order valence-corrected chi connectivity index (χ2v) is 8.10. The molecule has 0 aromatic carbocycles. The normalized spacial score (nSPS) is 26.3. The number of nitrogens with two attached hydrogens (primary N) is 1. The number of hydrogen-bond acceptors (Lipinski definition) is 3. The van der Waals surface area contributed by atoms with Crippen LogP contribution in [0.4, 0.5) is 0 Å². The van der Waals surface area contributed by atoms with Gasteiger partial charge in [-0.25, -0.2) is 0 Å². The summed E-state index contributed by atoms with van der Waals surface area (Å²) in [6.07, 6.45) is 4.32. The standard InChI is InChI=1S/C13H27N3O2S/c1-11(2)16(10-12-5-6-12)19(17,18)15-7-3-4-13(8-14)9-15/h11-13H,3-10,14H2,1-2H3. The molecule has 2 aliphatic rings. The van der Waals surface area contributed by atoms with Crippen LogP contribution in [0.3, 0.4) is 0 Å². The van der Waals surface area contributed by atoms with Crippen LogP contribution in [0.15, 0.2) is 0 Å². The van der Waals surface area contributed by atoms with Gasteiger partial charge in [-0.3, -0.25) is 0 Å². The summed E-state index contributed by atoms with van der Waals surface area (Å²) in [4.78, 5) is 0. The highest BCUT2D eigenvalue weighted by Crippen LogP contribution is 2.32. The molecule has 2 fully saturated rings. The highest BCUT2D eigenvalue weighted by Gasteiger charge is 2.37. The van der Waals surface area contributed by atoms with E-state index in [1.54, 1.807) is 8.61 Å². The fourth-order valence-electron chi connectivity index (χ4n) is 2.70. The third-order valence-corrected chi connectivity index (χ3v) is 6.30. The molecule has 1 aliphatic heterocycles. The zero-order valence-electron chi connectivity index (χ0n) is 12.1. The summed E-state index contributed by atoms with van der Waals surface area (Å²) in [6, 6.07) is 0.0313. The highest BCUT2D eigenvalue weighted by molar-refractivity contribution is 7.86. The summed E-state index contributed by atoms with van der Waals surface area (Å²) >= 11 is 0. The average Bonchev–Trinajstić information content (AvgIpc) is 3.19. The van der Waals surface area contributed by atoms with E-state index < -0.39 is 10.2 Å². The Bertz CT molecular complexity index is 393. The lowest BCUT2D eigenvalue weighted by Gasteiger charge is -2.36.